The molecule has 9 heteroatoms. The second-order valence-electron chi connectivity index (χ2n) is 3.62. The largest absolute Gasteiger partial charge is 0.506 e. The van der Waals surface area contributed by atoms with Gasteiger partial charge in [0.05, 0.1) is 23.1 Å². The van der Waals surface area contributed by atoms with Crippen LogP contribution < -0.4 is 5.32 Å². The third-order valence-electron chi connectivity index (χ3n) is 2.10. The van der Waals surface area contributed by atoms with Gasteiger partial charge in [-0.3, -0.25) is 14.9 Å². The molecule has 0 aliphatic rings. The minimum atomic E-state index is -4.45. The van der Waals surface area contributed by atoms with Crippen molar-refractivity contribution in [2.24, 2.45) is 0 Å². The molecule has 1 aromatic rings. The Morgan fingerprint density at radius 1 is 1.42 bits per heavy atom. The van der Waals surface area contributed by atoms with E-state index in [0.29, 0.717) is 0 Å². The zero-order valence-corrected chi connectivity index (χ0v) is 9.40. The maximum Gasteiger partial charge on any atom is 0.389 e. The van der Waals surface area contributed by atoms with E-state index in [-0.39, 0.29) is 5.69 Å². The number of benzene rings is 1. The van der Waals surface area contributed by atoms with Crippen LogP contribution in [0.25, 0.3) is 0 Å². The molecule has 0 unspecified atom stereocenters. The van der Waals surface area contributed by atoms with Gasteiger partial charge < -0.3 is 10.4 Å². The van der Waals surface area contributed by atoms with Gasteiger partial charge in [-0.25, -0.2) is 0 Å². The number of phenolic OH excluding ortho intramolecular Hbond substituents is 1. The number of phenols is 1. The minimum absolute atomic E-state index is 0.183. The van der Waals surface area contributed by atoms with Gasteiger partial charge in [-0.15, -0.1) is 0 Å². The Kier molecular flexibility index (Phi) is 4.30. The summed E-state index contributed by atoms with van der Waals surface area (Å²) in [7, 11) is 0. The van der Waals surface area contributed by atoms with Gasteiger partial charge >= 0.3 is 6.18 Å². The van der Waals surface area contributed by atoms with Crippen LogP contribution in [0.1, 0.15) is 12.8 Å². The Morgan fingerprint density at radius 2 is 2.05 bits per heavy atom. The van der Waals surface area contributed by atoms with E-state index in [1.807, 2.05) is 5.32 Å². The first-order chi connectivity index (χ1) is 8.69. The number of halogens is 3. The lowest BCUT2D eigenvalue weighted by Gasteiger charge is -2.08. The molecule has 2 N–H and O–H groups in total. The maximum atomic E-state index is 11.9. The highest BCUT2D eigenvalue weighted by atomic mass is 19.4. The molecule has 0 aromatic heterocycles. The highest BCUT2D eigenvalue weighted by molar-refractivity contribution is 5.92. The van der Waals surface area contributed by atoms with Crippen LogP contribution in [0.2, 0.25) is 0 Å². The van der Waals surface area contributed by atoms with Crippen molar-refractivity contribution >= 4 is 17.3 Å². The third-order valence-corrected chi connectivity index (χ3v) is 2.10. The van der Waals surface area contributed by atoms with Crippen molar-refractivity contribution in [3.8, 4) is 5.75 Å². The molecule has 0 saturated heterocycles. The van der Waals surface area contributed by atoms with E-state index in [1.54, 1.807) is 0 Å². The van der Waals surface area contributed by atoms with Crippen LogP contribution in [0.5, 0.6) is 5.75 Å². The highest BCUT2D eigenvalue weighted by Crippen LogP contribution is 2.28. The van der Waals surface area contributed by atoms with Crippen molar-refractivity contribution in [1.29, 1.82) is 0 Å². The van der Waals surface area contributed by atoms with E-state index in [1.165, 1.54) is 0 Å². The number of nitro benzene ring substituents is 1. The average Bonchev–Trinajstić information content (AvgIpc) is 2.28. The van der Waals surface area contributed by atoms with Gasteiger partial charge in [0, 0.05) is 12.5 Å². The first-order valence-electron chi connectivity index (χ1n) is 5.03. The van der Waals surface area contributed by atoms with Crippen LogP contribution in [0.15, 0.2) is 18.2 Å². The molecule has 1 aromatic carbocycles. The first kappa shape index (κ1) is 14.7. The lowest BCUT2D eigenvalue weighted by Crippen LogP contribution is -2.16. The molecule has 104 valence electrons. The number of rotatable bonds is 4. The van der Waals surface area contributed by atoms with Gasteiger partial charge in [0.15, 0.2) is 0 Å². The van der Waals surface area contributed by atoms with Crippen LogP contribution in [-0.2, 0) is 4.79 Å². The summed E-state index contributed by atoms with van der Waals surface area (Å²) >= 11 is 0. The monoisotopic (exact) mass is 278 g/mol. The number of aromatic hydroxyl groups is 1. The second kappa shape index (κ2) is 5.55. The van der Waals surface area contributed by atoms with Crippen LogP contribution in [0.4, 0.5) is 24.5 Å². The van der Waals surface area contributed by atoms with E-state index < -0.39 is 41.3 Å². The van der Waals surface area contributed by atoms with E-state index >= 15 is 0 Å². The van der Waals surface area contributed by atoms with E-state index in [0.717, 1.165) is 18.2 Å². The summed E-state index contributed by atoms with van der Waals surface area (Å²) in [4.78, 5) is 20.8. The van der Waals surface area contributed by atoms with Gasteiger partial charge in [-0.2, -0.15) is 13.2 Å². The quantitative estimate of drug-likeness (QED) is 0.503. The van der Waals surface area contributed by atoms with Crippen molar-refractivity contribution in [1.82, 2.24) is 0 Å². The van der Waals surface area contributed by atoms with Crippen molar-refractivity contribution in [3.63, 3.8) is 0 Å². The number of nitro groups is 1. The smallest absolute Gasteiger partial charge is 0.389 e. The molecule has 0 fully saturated rings. The minimum Gasteiger partial charge on any atom is -0.506 e. The molecule has 0 spiro atoms. The number of hydrogen-bond acceptors (Lipinski definition) is 4. The van der Waals surface area contributed by atoms with Crippen molar-refractivity contribution in [2.45, 2.75) is 19.0 Å². The summed E-state index contributed by atoms with van der Waals surface area (Å²) in [6.45, 7) is 0. The molecule has 19 heavy (non-hydrogen) atoms. The van der Waals surface area contributed by atoms with Crippen molar-refractivity contribution in [2.75, 3.05) is 5.32 Å². The number of nitrogens with zero attached hydrogens (tertiary/aromatic N) is 1. The molecular formula is C10H9F3N2O4. The second-order valence-corrected chi connectivity index (χ2v) is 3.62. The number of anilines is 1. The lowest BCUT2D eigenvalue weighted by atomic mass is 10.2. The number of carbonyl (C=O) groups is 1. The van der Waals surface area contributed by atoms with Crippen molar-refractivity contribution < 1.29 is 28.0 Å². The summed E-state index contributed by atoms with van der Waals surface area (Å²) in [6.07, 6.45) is -6.53. The summed E-state index contributed by atoms with van der Waals surface area (Å²) in [5.74, 6) is -1.53. The standard InChI is InChI=1S/C10H9F3N2O4/c11-10(12,13)4-3-9(17)14-7-2-1-6(15(18)19)5-8(7)16/h1-2,5,16H,3-4H2,(H,14,17). The topological polar surface area (TPSA) is 92.5 Å². The van der Waals surface area contributed by atoms with Gasteiger partial charge in [0.1, 0.15) is 5.75 Å². The summed E-state index contributed by atoms with van der Waals surface area (Å²) < 4.78 is 35.6. The Labute approximate surface area is 105 Å². The number of non-ortho nitro benzene ring substituents is 1. The van der Waals surface area contributed by atoms with E-state index in [4.69, 9.17) is 0 Å². The molecule has 0 radical (unpaired) electrons. The molecule has 0 aliphatic heterocycles. The fourth-order valence-corrected chi connectivity index (χ4v) is 1.21. The molecule has 1 amide bonds. The Balaban J connectivity index is 2.67. The van der Waals surface area contributed by atoms with Crippen molar-refractivity contribution in [3.05, 3.63) is 28.3 Å². The average molecular weight is 278 g/mol. The molecule has 1 rings (SSSR count). The van der Waals surface area contributed by atoms with Crippen LogP contribution >= 0.6 is 0 Å². The Bertz CT molecular complexity index is 502. The predicted octanol–water partition coefficient (Wildman–Crippen LogP) is 2.58. The summed E-state index contributed by atoms with van der Waals surface area (Å²) in [5.41, 5.74) is -0.580. The van der Waals surface area contributed by atoms with E-state index in [9.17, 15) is 33.2 Å². The number of alkyl halides is 3. The SMILES string of the molecule is O=C(CCC(F)(F)F)Nc1ccc([N+](=O)[O-])cc1O. The number of amides is 1. The van der Waals surface area contributed by atoms with Crippen LogP contribution in [0, 0.1) is 10.1 Å². The highest BCUT2D eigenvalue weighted by Gasteiger charge is 2.28. The zero-order chi connectivity index (χ0) is 14.6. The first-order valence-corrected chi connectivity index (χ1v) is 5.03. The van der Waals surface area contributed by atoms with Gasteiger partial charge in [-0.05, 0) is 6.07 Å². The number of hydrogen-bond donors (Lipinski definition) is 2. The fourth-order valence-electron chi connectivity index (χ4n) is 1.21. The normalized spacial score (nSPS) is 11.1. The van der Waals surface area contributed by atoms with Gasteiger partial charge in [0.2, 0.25) is 5.91 Å². The molecule has 0 bridgehead atoms. The fraction of sp³-hybridized carbons (Fsp3) is 0.300. The zero-order valence-electron chi connectivity index (χ0n) is 9.40. The maximum absolute atomic E-state index is 11.9. The Morgan fingerprint density at radius 3 is 2.53 bits per heavy atom. The van der Waals surface area contributed by atoms with Gasteiger partial charge in [0.25, 0.3) is 5.69 Å². The van der Waals surface area contributed by atoms with Gasteiger partial charge in [-0.1, -0.05) is 0 Å². The summed E-state index contributed by atoms with van der Waals surface area (Å²) in [6, 6.07) is 2.84. The number of carbonyl (C=O) groups excluding carboxylic acids is 1. The molecular weight excluding hydrogens is 269 g/mol. The van der Waals surface area contributed by atoms with Crippen LogP contribution in [-0.4, -0.2) is 22.1 Å². The van der Waals surface area contributed by atoms with E-state index in [2.05, 4.69) is 0 Å². The molecule has 0 saturated carbocycles. The Hall–Kier alpha value is -2.32. The number of nitrogens with one attached hydrogen (secondary N) is 1. The predicted molar refractivity (Wildman–Crippen MR) is 58.7 cm³/mol. The summed E-state index contributed by atoms with van der Waals surface area (Å²) in [5, 5.41) is 21.8. The molecule has 6 nitrogen and oxygen atoms in total. The lowest BCUT2D eigenvalue weighted by molar-refractivity contribution is -0.384. The van der Waals surface area contributed by atoms with Crippen LogP contribution in [0.3, 0.4) is 0 Å². The molecule has 0 atom stereocenters. The third kappa shape index (κ3) is 4.82. The molecule has 0 heterocycles. The molecule has 0 aliphatic carbocycles.